The van der Waals surface area contributed by atoms with E-state index in [0.29, 0.717) is 17.0 Å². The molecule has 114 valence electrons. The Morgan fingerprint density at radius 1 is 1.45 bits per heavy atom. The van der Waals surface area contributed by atoms with E-state index in [-0.39, 0.29) is 21.5 Å². The van der Waals surface area contributed by atoms with E-state index < -0.39 is 5.91 Å². The molecule has 1 N–H and O–H groups in total. The van der Waals surface area contributed by atoms with E-state index in [1.807, 2.05) is 0 Å². The van der Waals surface area contributed by atoms with Gasteiger partial charge in [0.2, 0.25) is 0 Å². The maximum Gasteiger partial charge on any atom is 0.284 e. The fourth-order valence-electron chi connectivity index (χ4n) is 1.78. The minimum absolute atomic E-state index is 0.170. The average molecular weight is 337 g/mol. The quantitative estimate of drug-likeness (QED) is 0.841. The first-order valence-electron chi connectivity index (χ1n) is 6.24. The maximum absolute atomic E-state index is 12.3. The number of rotatable bonds is 5. The Kier molecular flexibility index (Phi) is 4.95. The first-order valence-corrected chi connectivity index (χ1v) is 7.50. The highest BCUT2D eigenvalue weighted by Gasteiger charge is 2.19. The number of benzene rings is 1. The van der Waals surface area contributed by atoms with E-state index in [2.05, 4.69) is 16.9 Å². The van der Waals surface area contributed by atoms with Gasteiger partial charge in [-0.15, -0.1) is 11.3 Å². The molecule has 1 amide bonds. The molecule has 0 aliphatic rings. The van der Waals surface area contributed by atoms with E-state index in [4.69, 9.17) is 16.3 Å². The molecule has 0 unspecified atom stereocenters. The monoisotopic (exact) mass is 336 g/mol. The number of carbonyl (C=O) groups is 2. The molecule has 0 saturated heterocycles. The summed E-state index contributed by atoms with van der Waals surface area (Å²) in [6, 6.07) is 3.13. The third-order valence-electron chi connectivity index (χ3n) is 2.87. The summed E-state index contributed by atoms with van der Waals surface area (Å²) in [5.74, 6) is -0.297. The molecule has 0 radical (unpaired) electrons. The minimum atomic E-state index is -0.448. The lowest BCUT2D eigenvalue weighted by atomic mass is 10.1. The van der Waals surface area contributed by atoms with E-state index in [0.717, 1.165) is 0 Å². The van der Waals surface area contributed by atoms with Crippen LogP contribution in [-0.4, -0.2) is 23.8 Å². The number of ether oxygens (including phenoxy) is 1. The van der Waals surface area contributed by atoms with Crippen LogP contribution in [0, 0.1) is 0 Å². The first-order chi connectivity index (χ1) is 10.5. The van der Waals surface area contributed by atoms with Crippen LogP contribution in [0.4, 0.5) is 5.69 Å². The Labute approximate surface area is 136 Å². The van der Waals surface area contributed by atoms with Crippen molar-refractivity contribution in [2.24, 2.45) is 0 Å². The third kappa shape index (κ3) is 3.18. The molecule has 2 rings (SSSR count). The molecule has 1 heterocycles. The molecule has 1 aromatic carbocycles. The second-order valence-corrected chi connectivity index (χ2v) is 5.53. The standard InChI is InChI=1S/C15H13ClN2O3S/c1-4-9-7-22-15(17-9)14(20)18-13-10(8(2)19)5-6-11(21-3)12(13)16/h4-7H,1H2,2-3H3,(H,18,20). The number of methoxy groups -OCH3 is 1. The SMILES string of the molecule is C=Cc1csc(C(=O)Nc2c(C(C)=O)ccc(OC)c2Cl)n1. The molecule has 22 heavy (non-hydrogen) atoms. The Morgan fingerprint density at radius 2 is 2.18 bits per heavy atom. The molecule has 0 saturated carbocycles. The lowest BCUT2D eigenvalue weighted by Crippen LogP contribution is -2.15. The van der Waals surface area contributed by atoms with Gasteiger partial charge in [-0.25, -0.2) is 4.98 Å². The summed E-state index contributed by atoms with van der Waals surface area (Å²) in [5.41, 5.74) is 1.13. The van der Waals surface area contributed by atoms with Crippen molar-refractivity contribution in [2.45, 2.75) is 6.92 Å². The Hall–Kier alpha value is -2.18. The number of halogens is 1. The molecule has 1 aromatic heterocycles. The van der Waals surface area contributed by atoms with Crippen LogP contribution in [0.15, 0.2) is 24.1 Å². The van der Waals surface area contributed by atoms with Crippen molar-refractivity contribution < 1.29 is 14.3 Å². The van der Waals surface area contributed by atoms with Crippen molar-refractivity contribution in [3.63, 3.8) is 0 Å². The highest BCUT2D eigenvalue weighted by molar-refractivity contribution is 7.11. The summed E-state index contributed by atoms with van der Waals surface area (Å²) >= 11 is 7.37. The molecule has 0 fully saturated rings. The van der Waals surface area contributed by atoms with Gasteiger partial charge in [0.25, 0.3) is 5.91 Å². The molecule has 2 aromatic rings. The molecule has 0 spiro atoms. The fraction of sp³-hybridized carbons (Fsp3) is 0.133. The van der Waals surface area contributed by atoms with Gasteiger partial charge in [0, 0.05) is 10.9 Å². The number of anilines is 1. The molecular formula is C15H13ClN2O3S. The lowest BCUT2D eigenvalue weighted by molar-refractivity contribution is 0.101. The van der Waals surface area contributed by atoms with Gasteiger partial charge in [-0.2, -0.15) is 0 Å². The maximum atomic E-state index is 12.3. The van der Waals surface area contributed by atoms with Crippen molar-refractivity contribution in [1.29, 1.82) is 0 Å². The zero-order chi connectivity index (χ0) is 16.3. The van der Waals surface area contributed by atoms with Gasteiger partial charge in [-0.05, 0) is 25.1 Å². The molecule has 0 aliphatic heterocycles. The van der Waals surface area contributed by atoms with Crippen LogP contribution in [0.3, 0.4) is 0 Å². The number of amides is 1. The largest absolute Gasteiger partial charge is 0.495 e. The zero-order valence-corrected chi connectivity index (χ0v) is 13.5. The number of aromatic nitrogens is 1. The number of ketones is 1. The fourth-order valence-corrected chi connectivity index (χ4v) is 2.77. The van der Waals surface area contributed by atoms with Crippen LogP contribution in [0.25, 0.3) is 6.08 Å². The highest BCUT2D eigenvalue weighted by Crippen LogP contribution is 2.35. The van der Waals surface area contributed by atoms with Crippen LogP contribution in [0.1, 0.15) is 32.8 Å². The van der Waals surface area contributed by atoms with Gasteiger partial charge >= 0.3 is 0 Å². The van der Waals surface area contributed by atoms with Gasteiger partial charge < -0.3 is 10.1 Å². The van der Waals surface area contributed by atoms with E-state index in [9.17, 15) is 9.59 Å². The Bertz CT molecular complexity index is 755. The number of nitrogens with one attached hydrogen (secondary N) is 1. The van der Waals surface area contributed by atoms with Crippen LogP contribution in [0.2, 0.25) is 5.02 Å². The Morgan fingerprint density at radius 3 is 2.73 bits per heavy atom. The first kappa shape index (κ1) is 16.2. The van der Waals surface area contributed by atoms with Crippen molar-refractivity contribution in [3.8, 4) is 5.75 Å². The molecule has 0 atom stereocenters. The van der Waals surface area contributed by atoms with Crippen molar-refractivity contribution in [1.82, 2.24) is 4.98 Å². The van der Waals surface area contributed by atoms with Crippen LogP contribution < -0.4 is 10.1 Å². The predicted octanol–water partition coefficient (Wildman–Crippen LogP) is 3.90. The van der Waals surface area contributed by atoms with Gasteiger partial charge in [0.05, 0.1) is 18.5 Å². The van der Waals surface area contributed by atoms with Gasteiger partial charge in [-0.1, -0.05) is 18.2 Å². The number of carbonyl (C=O) groups excluding carboxylic acids is 2. The summed E-state index contributed by atoms with van der Waals surface area (Å²) in [7, 11) is 1.46. The summed E-state index contributed by atoms with van der Waals surface area (Å²) < 4.78 is 5.11. The summed E-state index contributed by atoms with van der Waals surface area (Å²) in [6.45, 7) is 4.99. The minimum Gasteiger partial charge on any atom is -0.495 e. The van der Waals surface area contributed by atoms with E-state index >= 15 is 0 Å². The van der Waals surface area contributed by atoms with Gasteiger partial charge in [0.15, 0.2) is 10.8 Å². The zero-order valence-electron chi connectivity index (χ0n) is 12.0. The van der Waals surface area contributed by atoms with E-state index in [1.54, 1.807) is 23.6 Å². The van der Waals surface area contributed by atoms with E-state index in [1.165, 1.54) is 25.4 Å². The molecular weight excluding hydrogens is 324 g/mol. The lowest BCUT2D eigenvalue weighted by Gasteiger charge is -2.13. The second-order valence-electron chi connectivity index (χ2n) is 4.30. The number of hydrogen-bond acceptors (Lipinski definition) is 5. The third-order valence-corrected chi connectivity index (χ3v) is 4.10. The molecule has 0 bridgehead atoms. The summed E-state index contributed by atoms with van der Waals surface area (Å²) in [4.78, 5) is 28.1. The highest BCUT2D eigenvalue weighted by atomic mass is 35.5. The molecule has 0 aliphatic carbocycles. The van der Waals surface area contributed by atoms with Crippen molar-refractivity contribution in [2.75, 3.05) is 12.4 Å². The van der Waals surface area contributed by atoms with Crippen molar-refractivity contribution >= 4 is 46.4 Å². The average Bonchev–Trinajstić information content (AvgIpc) is 2.97. The summed E-state index contributed by atoms with van der Waals surface area (Å²) in [6.07, 6.45) is 1.55. The predicted molar refractivity (Wildman–Crippen MR) is 88.2 cm³/mol. The van der Waals surface area contributed by atoms with Crippen LogP contribution in [0.5, 0.6) is 5.75 Å². The van der Waals surface area contributed by atoms with Crippen LogP contribution in [-0.2, 0) is 0 Å². The van der Waals surface area contributed by atoms with Gasteiger partial charge in [0.1, 0.15) is 10.8 Å². The number of nitrogens with zero attached hydrogens (tertiary/aromatic N) is 1. The normalized spacial score (nSPS) is 10.1. The molecule has 7 heteroatoms. The number of hydrogen-bond donors (Lipinski definition) is 1. The Balaban J connectivity index is 2.40. The molecule has 5 nitrogen and oxygen atoms in total. The van der Waals surface area contributed by atoms with Gasteiger partial charge in [-0.3, -0.25) is 9.59 Å². The number of thiazole rings is 1. The number of Topliss-reactive ketones (excluding diaryl/α,β-unsaturated/α-hetero) is 1. The van der Waals surface area contributed by atoms with Crippen LogP contribution >= 0.6 is 22.9 Å². The smallest absolute Gasteiger partial charge is 0.284 e. The van der Waals surface area contributed by atoms with Crippen molar-refractivity contribution in [3.05, 3.63) is 45.4 Å². The second kappa shape index (κ2) is 6.72. The topological polar surface area (TPSA) is 68.3 Å². The summed E-state index contributed by atoms with van der Waals surface area (Å²) in [5, 5.41) is 4.76.